The number of nitrogens with zero attached hydrogens (tertiary/aromatic N) is 3. The Morgan fingerprint density at radius 2 is 1.28 bits per heavy atom. The van der Waals surface area contributed by atoms with Crippen LogP contribution in [0.4, 0.5) is 22.7 Å². The Kier molecular flexibility index (Phi) is 8.62. The number of nitrogens with one attached hydrogen (secondary N) is 1. The smallest absolute Gasteiger partial charge is 0.209 e. The van der Waals surface area contributed by atoms with Gasteiger partial charge >= 0.3 is 0 Å². The normalized spacial score (nSPS) is 15.4. The zero-order valence-electron chi connectivity index (χ0n) is 22.9. The lowest BCUT2D eigenvalue weighted by Crippen LogP contribution is -2.30. The maximum absolute atomic E-state index is 13.1. The number of hydrogen-bond acceptors (Lipinski definition) is 6. The van der Waals surface area contributed by atoms with Crippen LogP contribution >= 0.6 is 0 Å². The third kappa shape index (κ3) is 5.64. The molecule has 0 amide bonds. The highest BCUT2D eigenvalue weighted by Gasteiger charge is 2.29. The number of carbonyl (C=O) groups is 1. The average molecular weight is 489 g/mol. The minimum atomic E-state index is -0.226. The third-order valence-corrected chi connectivity index (χ3v) is 6.70. The van der Waals surface area contributed by atoms with Crippen LogP contribution in [0.5, 0.6) is 0 Å². The predicted molar refractivity (Wildman–Crippen MR) is 153 cm³/mol. The topological polar surface area (TPSA) is 68.2 Å². The van der Waals surface area contributed by atoms with Crippen LogP contribution in [-0.4, -0.2) is 41.8 Å². The third-order valence-electron chi connectivity index (χ3n) is 6.70. The highest BCUT2D eigenvalue weighted by molar-refractivity contribution is 6.27. The van der Waals surface area contributed by atoms with Crippen molar-refractivity contribution in [1.29, 1.82) is 0 Å². The molecular weight excluding hydrogens is 448 g/mol. The van der Waals surface area contributed by atoms with Crippen LogP contribution < -0.4 is 15.1 Å². The van der Waals surface area contributed by atoms with Gasteiger partial charge < -0.3 is 20.2 Å². The van der Waals surface area contributed by atoms with Gasteiger partial charge in [-0.2, -0.15) is 0 Å². The lowest BCUT2D eigenvalue weighted by atomic mass is 9.93. The predicted octanol–water partition coefficient (Wildman–Crippen LogP) is 7.03. The minimum absolute atomic E-state index is 0.0737. The largest absolute Gasteiger partial charge is 0.505 e. The van der Waals surface area contributed by atoms with E-state index in [4.69, 9.17) is 4.99 Å². The number of aliphatic hydroxyl groups excluding tert-OH is 1. The quantitative estimate of drug-likeness (QED) is 0.371. The van der Waals surface area contributed by atoms with Gasteiger partial charge in [-0.1, -0.05) is 0 Å². The van der Waals surface area contributed by atoms with E-state index in [0.29, 0.717) is 29.1 Å². The molecule has 2 N–H and O–H groups in total. The van der Waals surface area contributed by atoms with Gasteiger partial charge in [0.15, 0.2) is 0 Å². The molecule has 0 bridgehead atoms. The lowest BCUT2D eigenvalue weighted by molar-refractivity contribution is -0.112. The molecule has 2 aromatic carbocycles. The average Bonchev–Trinajstić information content (AvgIpc) is 2.85. The van der Waals surface area contributed by atoms with Gasteiger partial charge in [0, 0.05) is 53.4 Å². The molecule has 0 spiro atoms. The van der Waals surface area contributed by atoms with E-state index in [-0.39, 0.29) is 17.1 Å². The van der Waals surface area contributed by atoms with Crippen LogP contribution in [0, 0.1) is 0 Å². The van der Waals surface area contributed by atoms with E-state index in [1.807, 2.05) is 43.3 Å². The number of aliphatic hydroxyl groups is 1. The molecule has 1 aliphatic carbocycles. The highest BCUT2D eigenvalue weighted by atomic mass is 16.3. The number of allylic oxidation sites excluding steroid dienone is 2. The summed E-state index contributed by atoms with van der Waals surface area (Å²) in [6.45, 7) is 18.3. The van der Waals surface area contributed by atoms with Gasteiger partial charge in [-0.25, -0.2) is 4.99 Å². The molecule has 6 heteroatoms. The summed E-state index contributed by atoms with van der Waals surface area (Å²) in [5.74, 6) is -0.299. The molecule has 3 rings (SSSR count). The number of anilines is 3. The zero-order chi connectivity index (χ0) is 26.6. The Balaban J connectivity index is 1.92. The van der Waals surface area contributed by atoms with Crippen LogP contribution in [0.25, 0.3) is 0 Å². The van der Waals surface area contributed by atoms with Crippen molar-refractivity contribution in [1.82, 2.24) is 0 Å². The maximum Gasteiger partial charge on any atom is 0.209 e. The maximum atomic E-state index is 13.1. The van der Waals surface area contributed by atoms with Gasteiger partial charge in [0.1, 0.15) is 11.5 Å². The molecule has 0 aromatic heterocycles. The summed E-state index contributed by atoms with van der Waals surface area (Å²) in [7, 11) is 0. The van der Waals surface area contributed by atoms with Crippen LogP contribution in [0.2, 0.25) is 0 Å². The molecule has 1 aliphatic rings. The molecule has 0 saturated heterocycles. The SMILES string of the molecule is CCN(c1ccc(/N=C2/C(C)=C(Nc3ccc(N(CC)C(C)C)cc3)C(=O)C(C)=C2O)cc1)C(C)C. The number of ketones is 1. The Morgan fingerprint density at radius 3 is 1.72 bits per heavy atom. The van der Waals surface area contributed by atoms with E-state index in [0.717, 1.165) is 35.8 Å². The first kappa shape index (κ1) is 27.1. The Morgan fingerprint density at radius 1 is 0.806 bits per heavy atom. The van der Waals surface area contributed by atoms with Gasteiger partial charge in [0.05, 0.1) is 11.4 Å². The number of benzene rings is 2. The molecule has 0 heterocycles. The van der Waals surface area contributed by atoms with Gasteiger partial charge in [-0.05, 0) is 104 Å². The lowest BCUT2D eigenvalue weighted by Gasteiger charge is -2.28. The molecule has 0 aliphatic heterocycles. The first-order chi connectivity index (χ1) is 17.1. The fraction of sp³-hybridized carbons (Fsp3) is 0.400. The standard InChI is InChI=1S/C30H40N4O2/c1-9-33(19(3)4)25-15-11-23(12-16-25)31-27-21(7)28(30(36)22(8)29(27)35)32-24-13-17-26(18-14-24)34(10-2)20(5)6/h11-20,31,36H,9-10H2,1-8H3/b32-28-. The molecular formula is C30H40N4O2. The van der Waals surface area contributed by atoms with E-state index >= 15 is 0 Å². The molecule has 6 nitrogen and oxygen atoms in total. The van der Waals surface area contributed by atoms with Crippen molar-refractivity contribution in [3.63, 3.8) is 0 Å². The summed E-state index contributed by atoms with van der Waals surface area (Å²) in [6.07, 6.45) is 0. The van der Waals surface area contributed by atoms with Crippen molar-refractivity contribution in [3.05, 3.63) is 71.1 Å². The van der Waals surface area contributed by atoms with Crippen molar-refractivity contribution < 1.29 is 9.90 Å². The van der Waals surface area contributed by atoms with E-state index in [9.17, 15) is 9.90 Å². The summed E-state index contributed by atoms with van der Waals surface area (Å²) in [4.78, 5) is 22.4. The van der Waals surface area contributed by atoms with Gasteiger partial charge in [-0.3, -0.25) is 4.79 Å². The summed E-state index contributed by atoms with van der Waals surface area (Å²) >= 11 is 0. The van der Waals surface area contributed by atoms with E-state index in [1.165, 1.54) is 0 Å². The number of carbonyl (C=O) groups excluding carboxylic acids is 1. The first-order valence-electron chi connectivity index (χ1n) is 12.8. The van der Waals surface area contributed by atoms with Crippen LogP contribution in [0.1, 0.15) is 55.4 Å². The van der Waals surface area contributed by atoms with E-state index in [1.54, 1.807) is 6.92 Å². The van der Waals surface area contributed by atoms with Crippen LogP contribution in [0.3, 0.4) is 0 Å². The number of Topliss-reactive ketones (excluding diaryl/α,β-unsaturated/α-hetero) is 1. The van der Waals surface area contributed by atoms with E-state index in [2.05, 4.69) is 68.8 Å². The van der Waals surface area contributed by atoms with Gasteiger partial charge in [0.25, 0.3) is 0 Å². The summed E-state index contributed by atoms with van der Waals surface area (Å²) in [6, 6.07) is 16.8. The van der Waals surface area contributed by atoms with Crippen molar-refractivity contribution in [2.45, 2.75) is 67.5 Å². The highest BCUT2D eigenvalue weighted by Crippen LogP contribution is 2.29. The zero-order valence-corrected chi connectivity index (χ0v) is 22.9. The fourth-order valence-electron chi connectivity index (χ4n) is 4.65. The molecule has 0 saturated carbocycles. The second kappa shape index (κ2) is 11.5. The molecule has 0 fully saturated rings. The van der Waals surface area contributed by atoms with Crippen molar-refractivity contribution in [2.75, 3.05) is 28.2 Å². The van der Waals surface area contributed by atoms with Crippen molar-refractivity contribution in [2.24, 2.45) is 4.99 Å². The molecule has 0 radical (unpaired) electrons. The van der Waals surface area contributed by atoms with E-state index < -0.39 is 0 Å². The number of aliphatic imine (C=N–C) groups is 1. The van der Waals surface area contributed by atoms with Crippen molar-refractivity contribution in [3.8, 4) is 0 Å². The Hall–Kier alpha value is -3.54. The second-order valence-electron chi connectivity index (χ2n) is 9.71. The Bertz CT molecular complexity index is 1170. The fourth-order valence-corrected chi connectivity index (χ4v) is 4.65. The molecule has 2 aromatic rings. The van der Waals surface area contributed by atoms with Gasteiger partial charge in [-0.15, -0.1) is 0 Å². The molecule has 192 valence electrons. The first-order valence-corrected chi connectivity index (χ1v) is 12.8. The van der Waals surface area contributed by atoms with Crippen molar-refractivity contribution >= 4 is 34.2 Å². The minimum Gasteiger partial charge on any atom is -0.505 e. The summed E-state index contributed by atoms with van der Waals surface area (Å²) in [5.41, 5.74) is 5.54. The monoisotopic (exact) mass is 488 g/mol. The van der Waals surface area contributed by atoms with Crippen LogP contribution in [-0.2, 0) is 4.79 Å². The summed E-state index contributed by atoms with van der Waals surface area (Å²) < 4.78 is 0. The molecule has 0 unspecified atom stereocenters. The number of hydrogen-bond donors (Lipinski definition) is 2. The Labute approximate surface area is 216 Å². The second-order valence-corrected chi connectivity index (χ2v) is 9.71. The summed E-state index contributed by atoms with van der Waals surface area (Å²) in [5, 5.41) is 14.1. The van der Waals surface area contributed by atoms with Crippen LogP contribution in [0.15, 0.2) is 76.1 Å². The number of rotatable bonds is 9. The molecule has 36 heavy (non-hydrogen) atoms. The molecule has 0 atom stereocenters. The van der Waals surface area contributed by atoms with Gasteiger partial charge in [0.2, 0.25) is 5.78 Å².